The Morgan fingerprint density at radius 2 is 2.27 bits per heavy atom. The molecule has 1 rings (SSSR count). The van der Waals surface area contributed by atoms with E-state index in [-0.39, 0.29) is 18.0 Å². The van der Waals surface area contributed by atoms with Crippen molar-refractivity contribution < 1.29 is 9.18 Å². The third-order valence-corrected chi connectivity index (χ3v) is 2.41. The Morgan fingerprint density at radius 1 is 1.53 bits per heavy atom. The van der Waals surface area contributed by atoms with Gasteiger partial charge in [-0.15, -0.1) is 0 Å². The van der Waals surface area contributed by atoms with Crippen LogP contribution in [-0.2, 0) is 11.2 Å². The van der Waals surface area contributed by atoms with Crippen molar-refractivity contribution in [1.82, 2.24) is 0 Å². The van der Waals surface area contributed by atoms with E-state index in [9.17, 15) is 9.18 Å². The Hall–Kier alpha value is -0.960. The minimum absolute atomic E-state index is 0.0751. The van der Waals surface area contributed by atoms with E-state index >= 15 is 0 Å². The van der Waals surface area contributed by atoms with Crippen LogP contribution in [0.5, 0.6) is 0 Å². The summed E-state index contributed by atoms with van der Waals surface area (Å²) in [7, 11) is 0. The molecule has 0 N–H and O–H groups in total. The Bertz CT molecular complexity index is 385. The summed E-state index contributed by atoms with van der Waals surface area (Å²) in [6.45, 7) is 1.95. The normalized spacial score (nSPS) is 10.9. The maximum absolute atomic E-state index is 13.3. The van der Waals surface area contributed by atoms with Crippen LogP contribution in [0.15, 0.2) is 34.8 Å². The van der Waals surface area contributed by atoms with Crippen LogP contribution in [0.25, 0.3) is 0 Å². The number of carbonyl (C=O) groups is 1. The van der Waals surface area contributed by atoms with E-state index in [1.54, 1.807) is 18.2 Å². The second kappa shape index (κ2) is 5.81. The highest BCUT2D eigenvalue weighted by atomic mass is 79.9. The van der Waals surface area contributed by atoms with Crippen molar-refractivity contribution >= 4 is 21.7 Å². The minimum atomic E-state index is -0.337. The third-order valence-electron chi connectivity index (χ3n) is 1.91. The highest BCUT2D eigenvalue weighted by Crippen LogP contribution is 2.16. The zero-order valence-corrected chi connectivity index (χ0v) is 10.1. The van der Waals surface area contributed by atoms with Crippen LogP contribution >= 0.6 is 15.9 Å². The summed E-state index contributed by atoms with van der Waals surface area (Å²) in [6.07, 6.45) is 4.20. The van der Waals surface area contributed by atoms with Crippen LogP contribution in [0.1, 0.15) is 18.9 Å². The van der Waals surface area contributed by atoms with Gasteiger partial charge in [-0.2, -0.15) is 0 Å². The fraction of sp³-hybridized carbons (Fsp3) is 0.250. The van der Waals surface area contributed by atoms with E-state index in [0.717, 1.165) is 10.9 Å². The van der Waals surface area contributed by atoms with Gasteiger partial charge in [-0.3, -0.25) is 4.79 Å². The lowest BCUT2D eigenvalue weighted by Crippen LogP contribution is -2.01. The highest BCUT2D eigenvalue weighted by molar-refractivity contribution is 9.10. The number of hydrogen-bond acceptors (Lipinski definition) is 1. The molecule has 1 aromatic carbocycles. The van der Waals surface area contributed by atoms with Gasteiger partial charge in [0.25, 0.3) is 0 Å². The lowest BCUT2D eigenvalue weighted by Gasteiger charge is -2.00. The first-order valence-electron chi connectivity index (χ1n) is 4.76. The molecule has 0 bridgehead atoms. The van der Waals surface area contributed by atoms with Gasteiger partial charge in [0.15, 0.2) is 5.78 Å². The number of allylic oxidation sites excluding steroid dienone is 2. The lowest BCUT2D eigenvalue weighted by molar-refractivity contribution is -0.114. The molecule has 0 aliphatic heterocycles. The van der Waals surface area contributed by atoms with Crippen molar-refractivity contribution in [3.63, 3.8) is 0 Å². The van der Waals surface area contributed by atoms with Gasteiger partial charge in [0, 0.05) is 10.9 Å². The lowest BCUT2D eigenvalue weighted by atomic mass is 10.1. The van der Waals surface area contributed by atoms with E-state index in [4.69, 9.17) is 0 Å². The first-order chi connectivity index (χ1) is 7.13. The van der Waals surface area contributed by atoms with Crippen molar-refractivity contribution in [2.24, 2.45) is 0 Å². The van der Waals surface area contributed by atoms with Gasteiger partial charge >= 0.3 is 0 Å². The monoisotopic (exact) mass is 270 g/mol. The highest BCUT2D eigenvalue weighted by Gasteiger charge is 2.06. The second-order valence-corrected chi connectivity index (χ2v) is 4.11. The van der Waals surface area contributed by atoms with Gasteiger partial charge in [-0.1, -0.05) is 28.9 Å². The first-order valence-corrected chi connectivity index (χ1v) is 5.56. The number of hydrogen-bond donors (Lipinski definition) is 0. The molecule has 1 aromatic rings. The minimum Gasteiger partial charge on any atom is -0.294 e. The SMILES string of the molecule is CC/C=C/C(=O)Cc1cc(Br)ccc1F. The molecule has 0 aliphatic rings. The Morgan fingerprint density at radius 3 is 2.93 bits per heavy atom. The van der Waals surface area contributed by atoms with E-state index in [1.165, 1.54) is 12.1 Å². The Kier molecular flexibility index (Phi) is 4.69. The van der Waals surface area contributed by atoms with Crippen LogP contribution in [0.4, 0.5) is 4.39 Å². The fourth-order valence-electron chi connectivity index (χ4n) is 1.17. The van der Waals surface area contributed by atoms with Gasteiger partial charge in [-0.25, -0.2) is 4.39 Å². The van der Waals surface area contributed by atoms with Gasteiger partial charge in [0.1, 0.15) is 5.82 Å². The van der Waals surface area contributed by atoms with Gasteiger partial charge < -0.3 is 0 Å². The van der Waals surface area contributed by atoms with E-state index in [1.807, 2.05) is 6.92 Å². The summed E-state index contributed by atoms with van der Waals surface area (Å²) < 4.78 is 14.0. The smallest absolute Gasteiger partial charge is 0.159 e. The topological polar surface area (TPSA) is 17.1 Å². The van der Waals surface area contributed by atoms with Gasteiger partial charge in [0.05, 0.1) is 0 Å². The van der Waals surface area contributed by atoms with E-state index < -0.39 is 0 Å². The summed E-state index contributed by atoms with van der Waals surface area (Å²) in [5.41, 5.74) is 0.426. The predicted octanol–water partition coefficient (Wildman–Crippen LogP) is 3.67. The Balaban J connectivity index is 2.76. The van der Waals surface area contributed by atoms with E-state index in [0.29, 0.717) is 5.56 Å². The van der Waals surface area contributed by atoms with E-state index in [2.05, 4.69) is 15.9 Å². The molecule has 0 fully saturated rings. The number of rotatable bonds is 4. The largest absolute Gasteiger partial charge is 0.294 e. The predicted molar refractivity (Wildman–Crippen MR) is 62.2 cm³/mol. The molecule has 0 aliphatic carbocycles. The average molecular weight is 271 g/mol. The zero-order valence-electron chi connectivity index (χ0n) is 8.47. The molecule has 0 saturated carbocycles. The summed E-state index contributed by atoms with van der Waals surface area (Å²) in [5.74, 6) is -0.412. The molecule has 0 radical (unpaired) electrons. The van der Waals surface area contributed by atoms with Gasteiger partial charge in [-0.05, 0) is 36.3 Å². The summed E-state index contributed by atoms with van der Waals surface area (Å²) >= 11 is 3.24. The molecule has 0 spiro atoms. The average Bonchev–Trinajstić information content (AvgIpc) is 2.20. The molecule has 0 heterocycles. The molecule has 80 valence electrons. The summed E-state index contributed by atoms with van der Waals surface area (Å²) in [4.78, 5) is 11.4. The molecule has 3 heteroatoms. The summed E-state index contributed by atoms with van der Waals surface area (Å²) in [5, 5.41) is 0. The first kappa shape index (κ1) is 12.1. The van der Waals surface area contributed by atoms with Crippen LogP contribution in [-0.4, -0.2) is 5.78 Å². The van der Waals surface area contributed by atoms with Crippen molar-refractivity contribution in [3.05, 3.63) is 46.2 Å². The molecule has 0 amide bonds. The zero-order chi connectivity index (χ0) is 11.3. The molecule has 0 saturated heterocycles. The number of benzene rings is 1. The van der Waals surface area contributed by atoms with Crippen molar-refractivity contribution in [1.29, 1.82) is 0 Å². The maximum Gasteiger partial charge on any atom is 0.159 e. The number of halogens is 2. The third kappa shape index (κ3) is 3.96. The van der Waals surface area contributed by atoms with Crippen molar-refractivity contribution in [3.8, 4) is 0 Å². The molecular formula is C12H12BrFO. The van der Waals surface area contributed by atoms with Crippen LogP contribution < -0.4 is 0 Å². The molecule has 15 heavy (non-hydrogen) atoms. The summed E-state index contributed by atoms with van der Waals surface area (Å²) in [6, 6.07) is 4.61. The van der Waals surface area contributed by atoms with Crippen LogP contribution in [0, 0.1) is 5.82 Å². The van der Waals surface area contributed by atoms with Crippen molar-refractivity contribution in [2.75, 3.05) is 0 Å². The molecule has 1 nitrogen and oxygen atoms in total. The maximum atomic E-state index is 13.3. The number of ketones is 1. The molecule has 0 unspecified atom stereocenters. The van der Waals surface area contributed by atoms with Crippen LogP contribution in [0.3, 0.4) is 0 Å². The van der Waals surface area contributed by atoms with Crippen molar-refractivity contribution in [2.45, 2.75) is 19.8 Å². The quantitative estimate of drug-likeness (QED) is 0.764. The number of carbonyl (C=O) groups excluding carboxylic acids is 1. The molecule has 0 atom stereocenters. The Labute approximate surface area is 97.1 Å². The van der Waals surface area contributed by atoms with Crippen LogP contribution in [0.2, 0.25) is 0 Å². The molecular weight excluding hydrogens is 259 g/mol. The van der Waals surface area contributed by atoms with Gasteiger partial charge in [0.2, 0.25) is 0 Å². The second-order valence-electron chi connectivity index (χ2n) is 3.19. The molecule has 0 aromatic heterocycles. The standard InChI is InChI=1S/C12H12BrFO/c1-2-3-4-11(15)8-9-7-10(13)5-6-12(9)14/h3-7H,2,8H2,1H3/b4-3+. The fourth-order valence-corrected chi connectivity index (χ4v) is 1.58.